The summed E-state index contributed by atoms with van der Waals surface area (Å²) in [5, 5.41) is 12.5. The quantitative estimate of drug-likeness (QED) is 0.355. The van der Waals surface area contributed by atoms with Gasteiger partial charge in [0.25, 0.3) is 0 Å². The van der Waals surface area contributed by atoms with Crippen LogP contribution in [0, 0.1) is 5.82 Å². The van der Waals surface area contributed by atoms with Crippen LogP contribution in [0.4, 0.5) is 15.0 Å². The maximum absolute atomic E-state index is 16.5. The fourth-order valence-electron chi connectivity index (χ4n) is 5.09. The molecular formula is C29H30ClFN6O3. The molecule has 0 radical (unpaired) electrons. The molecule has 1 fully saturated rings. The lowest BCUT2D eigenvalue weighted by Crippen LogP contribution is -2.50. The van der Waals surface area contributed by atoms with Gasteiger partial charge in [0, 0.05) is 64.1 Å². The zero-order valence-corrected chi connectivity index (χ0v) is 23.1. The molecule has 0 bridgehead atoms. The predicted molar refractivity (Wildman–Crippen MR) is 154 cm³/mol. The highest BCUT2D eigenvalue weighted by atomic mass is 35.5. The lowest BCUT2D eigenvalue weighted by atomic mass is 9.96. The van der Waals surface area contributed by atoms with Crippen LogP contribution in [0.5, 0.6) is 5.75 Å². The number of carbonyl (C=O) groups excluding carboxylic acids is 2. The van der Waals surface area contributed by atoms with Gasteiger partial charge in [-0.25, -0.2) is 19.2 Å². The van der Waals surface area contributed by atoms with E-state index in [1.807, 2.05) is 29.2 Å². The Balaban J connectivity index is 1.64. The van der Waals surface area contributed by atoms with Crippen molar-refractivity contribution in [3.05, 3.63) is 59.1 Å². The van der Waals surface area contributed by atoms with Crippen molar-refractivity contribution in [2.24, 2.45) is 5.73 Å². The number of amides is 3. The summed E-state index contributed by atoms with van der Waals surface area (Å²) in [6.07, 6.45) is 1.18. The van der Waals surface area contributed by atoms with Gasteiger partial charge in [-0.15, -0.1) is 0 Å². The van der Waals surface area contributed by atoms with Gasteiger partial charge in [-0.05, 0) is 41.0 Å². The highest BCUT2D eigenvalue weighted by Gasteiger charge is 2.26. The van der Waals surface area contributed by atoms with E-state index in [1.165, 1.54) is 11.0 Å². The van der Waals surface area contributed by atoms with Crippen LogP contribution in [0.15, 0.2) is 42.5 Å². The maximum Gasteiger partial charge on any atom is 0.314 e. The number of hydrogen-bond donors (Lipinski definition) is 2. The van der Waals surface area contributed by atoms with E-state index in [1.54, 1.807) is 31.1 Å². The Bertz CT molecular complexity index is 1620. The fourth-order valence-corrected chi connectivity index (χ4v) is 5.38. The van der Waals surface area contributed by atoms with Crippen LogP contribution in [-0.4, -0.2) is 77.1 Å². The molecule has 1 aliphatic rings. The molecule has 3 aromatic carbocycles. The number of anilines is 1. The van der Waals surface area contributed by atoms with Crippen molar-refractivity contribution in [2.75, 3.05) is 45.2 Å². The number of carbonyl (C=O) groups is 2. The molecular weight excluding hydrogens is 535 g/mol. The molecule has 0 unspecified atom stereocenters. The summed E-state index contributed by atoms with van der Waals surface area (Å²) in [6.45, 7) is 1.70. The van der Waals surface area contributed by atoms with E-state index in [4.69, 9.17) is 22.3 Å². The Hall–Kier alpha value is -4.18. The number of rotatable bonds is 6. The average Bonchev–Trinajstić information content (AvgIpc) is 2.93. The molecule has 1 aliphatic heterocycles. The molecule has 3 amide bonds. The molecule has 40 heavy (non-hydrogen) atoms. The van der Waals surface area contributed by atoms with E-state index < -0.39 is 11.8 Å². The summed E-state index contributed by atoms with van der Waals surface area (Å²) in [7, 11) is 3.40. The van der Waals surface area contributed by atoms with Crippen LogP contribution < -0.4 is 10.6 Å². The Morgan fingerprint density at radius 3 is 2.50 bits per heavy atom. The summed E-state index contributed by atoms with van der Waals surface area (Å²) >= 11 is 6.75. The molecule has 0 saturated carbocycles. The van der Waals surface area contributed by atoms with Gasteiger partial charge in [0.2, 0.25) is 5.91 Å². The van der Waals surface area contributed by atoms with Crippen molar-refractivity contribution < 1.29 is 19.1 Å². The zero-order chi connectivity index (χ0) is 28.6. The first-order valence-corrected chi connectivity index (χ1v) is 13.4. The number of phenols is 1. The second kappa shape index (κ2) is 11.1. The minimum absolute atomic E-state index is 0.00814. The van der Waals surface area contributed by atoms with E-state index in [9.17, 15) is 14.7 Å². The first-order chi connectivity index (χ1) is 19.1. The predicted octanol–water partition coefficient (Wildman–Crippen LogP) is 4.56. The number of aryl methyl sites for hydroxylation is 1. The summed E-state index contributed by atoms with van der Waals surface area (Å²) < 4.78 is 16.5. The van der Waals surface area contributed by atoms with E-state index in [2.05, 4.69) is 4.98 Å². The maximum atomic E-state index is 16.5. The molecule has 5 rings (SSSR count). The number of halogens is 2. The number of hydrogen-bond acceptors (Lipinski definition) is 6. The molecule has 0 atom stereocenters. The fraction of sp³-hybridized carbons (Fsp3) is 0.310. The van der Waals surface area contributed by atoms with Crippen LogP contribution in [0.3, 0.4) is 0 Å². The summed E-state index contributed by atoms with van der Waals surface area (Å²) in [4.78, 5) is 38.2. The molecule has 1 aromatic heterocycles. The number of nitrogens with zero attached hydrogens (tertiary/aromatic N) is 5. The van der Waals surface area contributed by atoms with Crippen LogP contribution in [0.1, 0.15) is 18.7 Å². The second-order valence-electron chi connectivity index (χ2n) is 10.1. The first-order valence-electron chi connectivity index (χ1n) is 13.0. The summed E-state index contributed by atoms with van der Waals surface area (Å²) in [5.41, 5.74) is 6.14. The van der Waals surface area contributed by atoms with Crippen molar-refractivity contribution in [1.82, 2.24) is 19.8 Å². The Labute approximate surface area is 236 Å². The Kier molecular flexibility index (Phi) is 7.62. The largest absolute Gasteiger partial charge is 0.508 e. The van der Waals surface area contributed by atoms with Gasteiger partial charge in [-0.2, -0.15) is 0 Å². The minimum Gasteiger partial charge on any atom is -0.508 e. The molecule has 11 heteroatoms. The van der Waals surface area contributed by atoms with Crippen molar-refractivity contribution >= 4 is 51.0 Å². The average molecular weight is 565 g/mol. The van der Waals surface area contributed by atoms with Crippen molar-refractivity contribution in [3.63, 3.8) is 0 Å². The smallest absolute Gasteiger partial charge is 0.314 e. The number of primary amides is 1. The first kappa shape index (κ1) is 27.4. The van der Waals surface area contributed by atoms with E-state index in [0.29, 0.717) is 68.0 Å². The third-order valence-electron chi connectivity index (χ3n) is 7.21. The summed E-state index contributed by atoms with van der Waals surface area (Å²) in [6, 6.07) is 11.6. The lowest BCUT2D eigenvalue weighted by Gasteiger charge is -2.35. The van der Waals surface area contributed by atoms with Crippen molar-refractivity contribution in [2.45, 2.75) is 19.3 Å². The van der Waals surface area contributed by atoms with Crippen LogP contribution in [0.2, 0.25) is 5.02 Å². The number of urea groups is 1. The monoisotopic (exact) mass is 564 g/mol. The summed E-state index contributed by atoms with van der Waals surface area (Å²) in [5.74, 6) is 0.268. The van der Waals surface area contributed by atoms with Gasteiger partial charge < -0.3 is 25.5 Å². The number of nitrogens with two attached hydrogens (primary N) is 1. The number of piperazine rings is 1. The van der Waals surface area contributed by atoms with E-state index >= 15 is 4.39 Å². The molecule has 0 spiro atoms. The molecule has 1 saturated heterocycles. The SMILES string of the molecule is CN(C)C(=O)CCCc1nc(N2CCN(C(N)=O)CC2)c2cc(Cl)c(-c3cc(O)cc4ccccc34)c(F)c2n1. The van der Waals surface area contributed by atoms with Gasteiger partial charge in [-0.1, -0.05) is 35.9 Å². The van der Waals surface area contributed by atoms with Crippen LogP contribution >= 0.6 is 11.6 Å². The normalized spacial score (nSPS) is 13.7. The van der Waals surface area contributed by atoms with Crippen molar-refractivity contribution in [3.8, 4) is 16.9 Å². The molecule has 0 aliphatic carbocycles. The number of benzene rings is 3. The van der Waals surface area contributed by atoms with Gasteiger partial charge in [0.05, 0.1) is 5.02 Å². The highest BCUT2D eigenvalue weighted by molar-refractivity contribution is 6.35. The van der Waals surface area contributed by atoms with Crippen molar-refractivity contribution in [1.29, 1.82) is 0 Å². The lowest BCUT2D eigenvalue weighted by molar-refractivity contribution is -0.128. The van der Waals surface area contributed by atoms with Gasteiger partial charge in [0.15, 0.2) is 5.82 Å². The highest BCUT2D eigenvalue weighted by Crippen LogP contribution is 2.42. The molecule has 2 heterocycles. The van der Waals surface area contributed by atoms with Gasteiger partial charge in [-0.3, -0.25) is 4.79 Å². The minimum atomic E-state index is -0.622. The van der Waals surface area contributed by atoms with Gasteiger partial charge in [0.1, 0.15) is 22.9 Å². The zero-order valence-electron chi connectivity index (χ0n) is 22.3. The number of aromatic hydroxyl groups is 1. The van der Waals surface area contributed by atoms with E-state index in [-0.39, 0.29) is 27.8 Å². The van der Waals surface area contributed by atoms with Crippen LogP contribution in [0.25, 0.3) is 32.8 Å². The molecule has 4 aromatic rings. The second-order valence-corrected chi connectivity index (χ2v) is 10.5. The Morgan fingerprint density at radius 2 is 1.80 bits per heavy atom. The van der Waals surface area contributed by atoms with Crippen LogP contribution in [-0.2, 0) is 11.2 Å². The third kappa shape index (κ3) is 5.31. The molecule has 3 N–H and O–H groups in total. The third-order valence-corrected chi connectivity index (χ3v) is 7.50. The number of fused-ring (bicyclic) bond motifs is 2. The number of aromatic nitrogens is 2. The standard InChI is InChI=1S/C29H30ClFN6O3/c1-35(2)24(39)9-5-8-23-33-27-21(28(34-23)36-10-12-37(13-11-36)29(32)40)16-22(30)25(26(27)31)20-15-18(38)14-17-6-3-4-7-19(17)20/h3-4,6-7,14-16,38H,5,8-13H2,1-2H3,(H2,32,40). The van der Waals surface area contributed by atoms with E-state index in [0.717, 1.165) is 10.8 Å². The Morgan fingerprint density at radius 1 is 1.07 bits per heavy atom. The topological polar surface area (TPSA) is 116 Å². The van der Waals surface area contributed by atoms with Gasteiger partial charge >= 0.3 is 6.03 Å². The number of phenolic OH excluding ortho intramolecular Hbond substituents is 1. The molecule has 9 nitrogen and oxygen atoms in total. The molecule has 208 valence electrons.